The molecule has 188 valence electrons. The first-order valence-corrected chi connectivity index (χ1v) is 15.8. The molecular formula is C24H38N4O5Si. The first kappa shape index (κ1) is 26.0. The van der Waals surface area contributed by atoms with E-state index in [2.05, 4.69) is 25.0 Å². The van der Waals surface area contributed by atoms with Gasteiger partial charge in [-0.2, -0.15) is 0 Å². The number of ether oxygens (including phenoxy) is 1. The summed E-state index contributed by atoms with van der Waals surface area (Å²) in [5, 5.41) is 12.7. The normalized spacial score (nSPS) is 25.2. The minimum absolute atomic E-state index is 0.0884. The standard InChI is InChI=1S/C24H38N4O5Si/c1-34(2,3)14-13-28(24(31)32)21-15-18(25)9-10-20(21)27-12-11-19(22(27)29)26-23(30)33-16-17-7-5-4-6-8-17/h4-8,18-21H,9-16,25H2,1-3H3,(H,26,30)(H,31,32)/t18?,19-,20-,21+/m0/s1. The van der Waals surface area contributed by atoms with Gasteiger partial charge in [-0.05, 0) is 37.3 Å². The molecule has 3 rings (SSSR count). The van der Waals surface area contributed by atoms with E-state index >= 15 is 0 Å². The molecule has 1 aromatic rings. The third kappa shape index (κ3) is 6.96. The molecule has 10 heteroatoms. The van der Waals surface area contributed by atoms with Crippen molar-refractivity contribution in [1.82, 2.24) is 15.1 Å². The van der Waals surface area contributed by atoms with Crippen LogP contribution < -0.4 is 11.1 Å². The fourth-order valence-corrected chi connectivity index (χ4v) is 5.70. The number of nitrogens with one attached hydrogen (secondary N) is 1. The molecule has 0 aromatic heterocycles. The van der Waals surface area contributed by atoms with Crippen LogP contribution >= 0.6 is 0 Å². The molecule has 1 unspecified atom stereocenters. The van der Waals surface area contributed by atoms with Gasteiger partial charge >= 0.3 is 12.2 Å². The SMILES string of the molecule is C[Si](C)(C)CCN(C(=O)O)[C@@H]1CC(N)CC[C@@H]1N1CC[C@H](NC(=O)OCc2ccccc2)C1=O. The van der Waals surface area contributed by atoms with Crippen LogP contribution in [0.4, 0.5) is 9.59 Å². The van der Waals surface area contributed by atoms with Gasteiger partial charge in [0.1, 0.15) is 12.6 Å². The lowest BCUT2D eigenvalue weighted by Gasteiger charge is -2.45. The van der Waals surface area contributed by atoms with Crippen LogP contribution in [0.15, 0.2) is 30.3 Å². The zero-order valence-corrected chi connectivity index (χ0v) is 21.4. The molecule has 4 N–H and O–H groups in total. The van der Waals surface area contributed by atoms with Gasteiger partial charge in [-0.15, -0.1) is 0 Å². The Morgan fingerprint density at radius 2 is 1.91 bits per heavy atom. The predicted octanol–water partition coefficient (Wildman–Crippen LogP) is 3.08. The highest BCUT2D eigenvalue weighted by molar-refractivity contribution is 6.76. The van der Waals surface area contributed by atoms with Crippen molar-refractivity contribution >= 4 is 26.2 Å². The zero-order valence-electron chi connectivity index (χ0n) is 20.4. The van der Waals surface area contributed by atoms with Crippen molar-refractivity contribution < 1.29 is 24.2 Å². The third-order valence-corrected chi connectivity index (χ3v) is 8.44. The van der Waals surface area contributed by atoms with E-state index in [9.17, 15) is 19.5 Å². The van der Waals surface area contributed by atoms with Crippen LogP contribution in [0.1, 0.15) is 31.2 Å². The Labute approximate surface area is 202 Å². The maximum Gasteiger partial charge on any atom is 0.408 e. The summed E-state index contributed by atoms with van der Waals surface area (Å²) in [6.07, 6.45) is 0.797. The maximum absolute atomic E-state index is 13.2. The number of rotatable bonds is 8. The lowest BCUT2D eigenvalue weighted by Crippen LogP contribution is -2.59. The summed E-state index contributed by atoms with van der Waals surface area (Å²) in [6.45, 7) is 7.70. The van der Waals surface area contributed by atoms with Crippen molar-refractivity contribution in [3.63, 3.8) is 0 Å². The molecule has 1 aromatic carbocycles. The molecular weight excluding hydrogens is 452 g/mol. The predicted molar refractivity (Wildman–Crippen MR) is 132 cm³/mol. The average molecular weight is 491 g/mol. The number of amides is 3. The molecule has 1 heterocycles. The van der Waals surface area contributed by atoms with E-state index < -0.39 is 26.3 Å². The number of likely N-dealkylation sites (tertiary alicyclic amines) is 1. The van der Waals surface area contributed by atoms with E-state index in [1.165, 1.54) is 4.90 Å². The number of alkyl carbamates (subject to hydrolysis) is 1. The molecule has 0 spiro atoms. The number of hydrogen-bond acceptors (Lipinski definition) is 5. The molecule has 1 saturated carbocycles. The van der Waals surface area contributed by atoms with Crippen LogP contribution in [0.5, 0.6) is 0 Å². The molecule has 1 aliphatic carbocycles. The quantitative estimate of drug-likeness (QED) is 0.481. The van der Waals surface area contributed by atoms with Gasteiger partial charge in [0, 0.05) is 27.2 Å². The summed E-state index contributed by atoms with van der Waals surface area (Å²) in [5.41, 5.74) is 7.09. The molecule has 0 radical (unpaired) electrons. The highest BCUT2D eigenvalue weighted by Gasteiger charge is 2.44. The second-order valence-corrected chi connectivity index (χ2v) is 16.2. The van der Waals surface area contributed by atoms with Crippen molar-refractivity contribution in [2.75, 3.05) is 13.1 Å². The van der Waals surface area contributed by atoms with Crippen LogP contribution in [0.3, 0.4) is 0 Å². The summed E-state index contributed by atoms with van der Waals surface area (Å²) < 4.78 is 5.27. The van der Waals surface area contributed by atoms with Gasteiger partial charge in [0.15, 0.2) is 0 Å². The van der Waals surface area contributed by atoms with Gasteiger partial charge in [0.25, 0.3) is 0 Å². The molecule has 1 saturated heterocycles. The molecule has 0 bridgehead atoms. The molecule has 2 fully saturated rings. The Hall–Kier alpha value is -2.59. The second kappa shape index (κ2) is 11.2. The lowest BCUT2D eigenvalue weighted by molar-refractivity contribution is -0.133. The molecule has 34 heavy (non-hydrogen) atoms. The van der Waals surface area contributed by atoms with Gasteiger partial charge in [-0.1, -0.05) is 50.0 Å². The van der Waals surface area contributed by atoms with Crippen molar-refractivity contribution in [3.05, 3.63) is 35.9 Å². The second-order valence-electron chi connectivity index (χ2n) is 10.6. The van der Waals surface area contributed by atoms with Crippen molar-refractivity contribution in [3.8, 4) is 0 Å². The minimum Gasteiger partial charge on any atom is -0.465 e. The molecule has 1 aliphatic heterocycles. The van der Waals surface area contributed by atoms with Crippen LogP contribution in [0, 0.1) is 0 Å². The van der Waals surface area contributed by atoms with Crippen LogP contribution in [0.2, 0.25) is 25.7 Å². The number of nitrogens with two attached hydrogens (primary N) is 1. The van der Waals surface area contributed by atoms with Crippen molar-refractivity contribution in [2.24, 2.45) is 5.73 Å². The Bertz CT molecular complexity index is 863. The number of benzene rings is 1. The monoisotopic (exact) mass is 490 g/mol. The highest BCUT2D eigenvalue weighted by atomic mass is 28.3. The molecule has 2 aliphatic rings. The topological polar surface area (TPSA) is 125 Å². The fourth-order valence-electron chi connectivity index (χ4n) is 4.79. The Morgan fingerprint density at radius 3 is 2.56 bits per heavy atom. The number of carboxylic acid groups (broad SMARTS) is 1. The van der Waals surface area contributed by atoms with Gasteiger partial charge in [0.05, 0.1) is 12.1 Å². The Kier molecular flexibility index (Phi) is 8.59. The summed E-state index contributed by atoms with van der Waals surface area (Å²) in [5.74, 6) is -0.183. The summed E-state index contributed by atoms with van der Waals surface area (Å²) >= 11 is 0. The Balaban J connectivity index is 1.64. The number of carbonyl (C=O) groups is 3. The Morgan fingerprint density at radius 1 is 1.21 bits per heavy atom. The zero-order chi connectivity index (χ0) is 24.9. The smallest absolute Gasteiger partial charge is 0.408 e. The van der Waals surface area contributed by atoms with E-state index in [1.54, 1.807) is 4.90 Å². The summed E-state index contributed by atoms with van der Waals surface area (Å²) in [4.78, 5) is 40.9. The molecule has 4 atom stereocenters. The maximum atomic E-state index is 13.2. The number of hydrogen-bond donors (Lipinski definition) is 3. The van der Waals surface area contributed by atoms with Crippen molar-refractivity contribution in [2.45, 2.75) is 82.1 Å². The summed E-state index contributed by atoms with van der Waals surface area (Å²) in [6, 6.07) is 8.86. The largest absolute Gasteiger partial charge is 0.465 e. The van der Waals surface area contributed by atoms with E-state index in [0.29, 0.717) is 32.4 Å². The third-order valence-electron chi connectivity index (χ3n) is 6.72. The highest BCUT2D eigenvalue weighted by Crippen LogP contribution is 2.31. The first-order chi connectivity index (χ1) is 16.0. The van der Waals surface area contributed by atoms with E-state index in [0.717, 1.165) is 18.0 Å². The van der Waals surface area contributed by atoms with Gasteiger partial charge in [-0.3, -0.25) is 4.79 Å². The molecule has 9 nitrogen and oxygen atoms in total. The first-order valence-electron chi connectivity index (χ1n) is 12.1. The van der Waals surface area contributed by atoms with E-state index in [-0.39, 0.29) is 30.6 Å². The van der Waals surface area contributed by atoms with Gasteiger partial charge < -0.3 is 30.7 Å². The average Bonchev–Trinajstić information content (AvgIpc) is 3.12. The van der Waals surface area contributed by atoms with Crippen LogP contribution in [0.25, 0.3) is 0 Å². The lowest BCUT2D eigenvalue weighted by atomic mass is 9.85. The van der Waals surface area contributed by atoms with Crippen LogP contribution in [-0.4, -0.2) is 78.3 Å². The summed E-state index contributed by atoms with van der Waals surface area (Å²) in [7, 11) is -1.45. The van der Waals surface area contributed by atoms with Crippen molar-refractivity contribution in [1.29, 1.82) is 0 Å². The number of carbonyl (C=O) groups excluding carboxylic acids is 2. The fraction of sp³-hybridized carbons (Fsp3) is 0.625. The van der Waals surface area contributed by atoms with E-state index in [1.807, 2.05) is 30.3 Å². The molecule has 3 amide bonds. The minimum atomic E-state index is -1.45. The number of nitrogens with zero attached hydrogens (tertiary/aromatic N) is 2. The van der Waals surface area contributed by atoms with Crippen LogP contribution in [-0.2, 0) is 16.1 Å². The van der Waals surface area contributed by atoms with Gasteiger partial charge in [0.2, 0.25) is 5.91 Å². The van der Waals surface area contributed by atoms with Gasteiger partial charge in [-0.25, -0.2) is 9.59 Å². The van der Waals surface area contributed by atoms with E-state index in [4.69, 9.17) is 10.5 Å².